The highest BCUT2D eigenvalue weighted by atomic mass is 35.5. The second-order valence-electron chi connectivity index (χ2n) is 6.58. The maximum atomic E-state index is 12.4. The zero-order chi connectivity index (χ0) is 19.5. The SMILES string of the molecule is Cc1nn(Cc2ccccc2)c(Cl)c1Cn1nc(-c2ccccc2)ccc1=O. The van der Waals surface area contributed by atoms with Gasteiger partial charge in [-0.2, -0.15) is 10.2 Å². The summed E-state index contributed by atoms with van der Waals surface area (Å²) < 4.78 is 3.19. The van der Waals surface area contributed by atoms with Crippen molar-refractivity contribution in [1.29, 1.82) is 0 Å². The number of hydrogen-bond acceptors (Lipinski definition) is 3. The van der Waals surface area contributed by atoms with Crippen LogP contribution < -0.4 is 5.56 Å². The van der Waals surface area contributed by atoms with Crippen molar-refractivity contribution in [2.75, 3.05) is 0 Å². The number of aromatic nitrogens is 4. The first-order chi connectivity index (χ1) is 13.6. The Labute approximate surface area is 167 Å². The molecule has 140 valence electrons. The molecule has 0 bridgehead atoms. The Morgan fingerprint density at radius 3 is 2.21 bits per heavy atom. The van der Waals surface area contributed by atoms with Crippen molar-refractivity contribution in [3.63, 3.8) is 0 Å². The molecular formula is C22H19ClN4O. The van der Waals surface area contributed by atoms with Gasteiger partial charge in [-0.25, -0.2) is 9.36 Å². The van der Waals surface area contributed by atoms with Gasteiger partial charge in [0.15, 0.2) is 0 Å². The molecule has 0 aliphatic heterocycles. The molecule has 28 heavy (non-hydrogen) atoms. The van der Waals surface area contributed by atoms with Crippen LogP contribution in [0.25, 0.3) is 11.3 Å². The second-order valence-corrected chi connectivity index (χ2v) is 6.94. The lowest BCUT2D eigenvalue weighted by Gasteiger charge is -2.08. The fraction of sp³-hybridized carbons (Fsp3) is 0.136. The number of benzene rings is 2. The van der Waals surface area contributed by atoms with E-state index in [9.17, 15) is 4.79 Å². The van der Waals surface area contributed by atoms with E-state index in [2.05, 4.69) is 10.2 Å². The molecule has 0 amide bonds. The molecule has 0 N–H and O–H groups in total. The summed E-state index contributed by atoms with van der Waals surface area (Å²) in [4.78, 5) is 12.4. The molecule has 0 unspecified atom stereocenters. The highest BCUT2D eigenvalue weighted by Crippen LogP contribution is 2.22. The van der Waals surface area contributed by atoms with Crippen molar-refractivity contribution < 1.29 is 0 Å². The Kier molecular flexibility index (Phi) is 5.08. The van der Waals surface area contributed by atoms with Crippen LogP contribution in [0, 0.1) is 6.92 Å². The quantitative estimate of drug-likeness (QED) is 0.514. The molecule has 2 aromatic carbocycles. The summed E-state index contributed by atoms with van der Waals surface area (Å²) >= 11 is 6.60. The first kappa shape index (κ1) is 18.2. The van der Waals surface area contributed by atoms with Gasteiger partial charge in [0.1, 0.15) is 5.15 Å². The fourth-order valence-corrected chi connectivity index (χ4v) is 3.40. The summed E-state index contributed by atoms with van der Waals surface area (Å²) in [6.45, 7) is 2.75. The summed E-state index contributed by atoms with van der Waals surface area (Å²) in [6, 6.07) is 23.0. The molecule has 2 heterocycles. The van der Waals surface area contributed by atoms with Crippen molar-refractivity contribution in [3.05, 3.63) is 105 Å². The molecule has 0 fully saturated rings. The largest absolute Gasteiger partial charge is 0.268 e. The summed E-state index contributed by atoms with van der Waals surface area (Å²) in [5.41, 5.74) is 4.23. The molecule has 0 spiro atoms. The van der Waals surface area contributed by atoms with E-state index >= 15 is 0 Å². The third kappa shape index (κ3) is 3.75. The monoisotopic (exact) mass is 390 g/mol. The minimum atomic E-state index is -0.175. The molecular weight excluding hydrogens is 372 g/mol. The van der Waals surface area contributed by atoms with E-state index in [-0.39, 0.29) is 12.1 Å². The summed E-state index contributed by atoms with van der Waals surface area (Å²) in [7, 11) is 0. The van der Waals surface area contributed by atoms with Crippen LogP contribution in [-0.2, 0) is 13.1 Å². The van der Waals surface area contributed by atoms with Crippen LogP contribution in [0.15, 0.2) is 77.6 Å². The van der Waals surface area contributed by atoms with Gasteiger partial charge in [0.05, 0.1) is 24.5 Å². The van der Waals surface area contributed by atoms with Crippen LogP contribution in [0.2, 0.25) is 5.15 Å². The van der Waals surface area contributed by atoms with E-state index in [4.69, 9.17) is 11.6 Å². The van der Waals surface area contributed by atoms with E-state index in [1.54, 1.807) is 10.7 Å². The van der Waals surface area contributed by atoms with Crippen molar-refractivity contribution >= 4 is 11.6 Å². The van der Waals surface area contributed by atoms with Crippen molar-refractivity contribution in [3.8, 4) is 11.3 Å². The summed E-state index contributed by atoms with van der Waals surface area (Å²) in [5.74, 6) is 0. The Bertz CT molecular complexity index is 1150. The molecule has 5 nitrogen and oxygen atoms in total. The molecule has 0 saturated heterocycles. The molecule has 2 aromatic heterocycles. The molecule has 0 saturated carbocycles. The Morgan fingerprint density at radius 1 is 0.821 bits per heavy atom. The minimum Gasteiger partial charge on any atom is -0.268 e. The second kappa shape index (κ2) is 7.82. The van der Waals surface area contributed by atoms with Crippen LogP contribution >= 0.6 is 11.6 Å². The third-order valence-electron chi connectivity index (χ3n) is 4.60. The van der Waals surface area contributed by atoms with E-state index in [0.29, 0.717) is 11.7 Å². The Morgan fingerprint density at radius 2 is 1.50 bits per heavy atom. The van der Waals surface area contributed by atoms with Crippen LogP contribution in [0.5, 0.6) is 0 Å². The fourth-order valence-electron chi connectivity index (χ4n) is 3.11. The summed E-state index contributed by atoms with van der Waals surface area (Å²) in [6.07, 6.45) is 0. The molecule has 0 aliphatic rings. The highest BCUT2D eigenvalue weighted by molar-refractivity contribution is 6.30. The average Bonchev–Trinajstić information content (AvgIpc) is 2.98. The van der Waals surface area contributed by atoms with E-state index < -0.39 is 0 Å². The van der Waals surface area contributed by atoms with Gasteiger partial charge in [-0.1, -0.05) is 72.3 Å². The number of nitrogens with zero attached hydrogens (tertiary/aromatic N) is 4. The summed E-state index contributed by atoms with van der Waals surface area (Å²) in [5, 5.41) is 9.60. The lowest BCUT2D eigenvalue weighted by atomic mass is 10.1. The molecule has 6 heteroatoms. The lowest BCUT2D eigenvalue weighted by molar-refractivity contribution is 0.639. The minimum absolute atomic E-state index is 0.175. The number of rotatable bonds is 5. The van der Waals surface area contributed by atoms with Gasteiger partial charge in [0.2, 0.25) is 0 Å². The van der Waals surface area contributed by atoms with Crippen LogP contribution in [-0.4, -0.2) is 19.6 Å². The van der Waals surface area contributed by atoms with Gasteiger partial charge in [-0.3, -0.25) is 4.79 Å². The molecule has 4 rings (SSSR count). The predicted molar refractivity (Wildman–Crippen MR) is 111 cm³/mol. The van der Waals surface area contributed by atoms with Gasteiger partial charge in [0, 0.05) is 17.2 Å². The first-order valence-electron chi connectivity index (χ1n) is 9.01. The number of hydrogen-bond donors (Lipinski definition) is 0. The Balaban J connectivity index is 1.65. The van der Waals surface area contributed by atoms with Gasteiger partial charge in [0.25, 0.3) is 5.56 Å². The first-order valence-corrected chi connectivity index (χ1v) is 9.39. The maximum absolute atomic E-state index is 12.4. The van der Waals surface area contributed by atoms with E-state index in [0.717, 1.165) is 28.1 Å². The normalized spacial score (nSPS) is 10.9. The Hall–Kier alpha value is -3.18. The van der Waals surface area contributed by atoms with Crippen molar-refractivity contribution in [1.82, 2.24) is 19.6 Å². The van der Waals surface area contributed by atoms with Crippen LogP contribution in [0.4, 0.5) is 0 Å². The topological polar surface area (TPSA) is 52.7 Å². The van der Waals surface area contributed by atoms with Gasteiger partial charge < -0.3 is 0 Å². The van der Waals surface area contributed by atoms with Crippen LogP contribution in [0.1, 0.15) is 16.8 Å². The number of halogens is 1. The van der Waals surface area contributed by atoms with Crippen molar-refractivity contribution in [2.45, 2.75) is 20.0 Å². The van der Waals surface area contributed by atoms with Crippen molar-refractivity contribution in [2.24, 2.45) is 0 Å². The standard InChI is InChI=1S/C22H19ClN4O/c1-16-19(22(23)27(24-16)14-17-8-4-2-5-9-17)15-26-21(28)13-12-20(25-26)18-10-6-3-7-11-18/h2-13H,14-15H2,1H3. The van der Waals surface area contributed by atoms with E-state index in [1.807, 2.05) is 67.6 Å². The molecule has 0 aliphatic carbocycles. The predicted octanol–water partition coefficient (Wildman–Crippen LogP) is 4.17. The third-order valence-corrected chi connectivity index (χ3v) is 5.03. The zero-order valence-electron chi connectivity index (χ0n) is 15.4. The lowest BCUT2D eigenvalue weighted by Crippen LogP contribution is -2.23. The zero-order valence-corrected chi connectivity index (χ0v) is 16.2. The van der Waals surface area contributed by atoms with Crippen LogP contribution in [0.3, 0.4) is 0 Å². The van der Waals surface area contributed by atoms with Gasteiger partial charge in [-0.15, -0.1) is 0 Å². The number of aryl methyl sites for hydroxylation is 1. The molecule has 0 atom stereocenters. The van der Waals surface area contributed by atoms with Gasteiger partial charge >= 0.3 is 0 Å². The van der Waals surface area contributed by atoms with Gasteiger partial charge in [-0.05, 0) is 18.6 Å². The smallest absolute Gasteiger partial charge is 0.267 e. The van der Waals surface area contributed by atoms with E-state index in [1.165, 1.54) is 10.7 Å². The average molecular weight is 391 g/mol. The highest BCUT2D eigenvalue weighted by Gasteiger charge is 2.15. The maximum Gasteiger partial charge on any atom is 0.267 e. The molecule has 0 radical (unpaired) electrons. The molecule has 4 aromatic rings.